The van der Waals surface area contributed by atoms with E-state index in [0.717, 1.165) is 0 Å². The lowest BCUT2D eigenvalue weighted by atomic mass is 10.1. The molecule has 1 heterocycles. The maximum Gasteiger partial charge on any atom is 0.305 e. The van der Waals surface area contributed by atoms with E-state index in [9.17, 15) is 9.59 Å². The largest absolute Gasteiger partial charge is 0.481 e. The maximum absolute atomic E-state index is 12.7. The number of hydrogen-bond donors (Lipinski definition) is 1. The van der Waals surface area contributed by atoms with Gasteiger partial charge >= 0.3 is 5.97 Å². The summed E-state index contributed by atoms with van der Waals surface area (Å²) in [6.45, 7) is 2.82. The molecule has 2 unspecified atom stereocenters. The number of carbonyl (C=O) groups excluding carboxylic acids is 1. The van der Waals surface area contributed by atoms with Crippen LogP contribution in [0, 0.1) is 0 Å². The number of amides is 1. The molecule has 0 aliphatic carbocycles. The van der Waals surface area contributed by atoms with Crippen LogP contribution in [0.15, 0.2) is 24.3 Å². The fourth-order valence-electron chi connectivity index (χ4n) is 2.50. The Hall–Kier alpha value is -1.79. The van der Waals surface area contributed by atoms with Gasteiger partial charge in [-0.3, -0.25) is 9.59 Å². The first-order chi connectivity index (χ1) is 11.0. The van der Waals surface area contributed by atoms with Gasteiger partial charge in [-0.05, 0) is 18.6 Å². The molecule has 2 atom stereocenters. The molecule has 0 spiro atoms. The number of morpholine rings is 1. The van der Waals surface area contributed by atoms with Crippen molar-refractivity contribution < 1.29 is 24.2 Å². The second-order valence-electron chi connectivity index (χ2n) is 5.30. The molecule has 7 heteroatoms. The zero-order valence-electron chi connectivity index (χ0n) is 12.9. The molecule has 1 saturated heterocycles. The fourth-order valence-corrected chi connectivity index (χ4v) is 2.68. The highest BCUT2D eigenvalue weighted by molar-refractivity contribution is 6.32. The molecule has 1 amide bonds. The lowest BCUT2D eigenvalue weighted by molar-refractivity contribution is -0.151. The second-order valence-corrected chi connectivity index (χ2v) is 5.71. The topological polar surface area (TPSA) is 76.1 Å². The van der Waals surface area contributed by atoms with Crippen molar-refractivity contribution in [2.75, 3.05) is 19.8 Å². The van der Waals surface area contributed by atoms with Crippen molar-refractivity contribution >= 4 is 23.5 Å². The Balaban J connectivity index is 2.11. The summed E-state index contributed by atoms with van der Waals surface area (Å²) in [5, 5.41) is 9.42. The fraction of sp³-hybridized carbons (Fsp3) is 0.500. The number of hydrogen-bond acceptors (Lipinski definition) is 4. The maximum atomic E-state index is 12.7. The van der Waals surface area contributed by atoms with Crippen molar-refractivity contribution in [1.82, 2.24) is 4.90 Å². The van der Waals surface area contributed by atoms with Gasteiger partial charge in [-0.25, -0.2) is 0 Å². The summed E-state index contributed by atoms with van der Waals surface area (Å²) in [6, 6.07) is 6.48. The van der Waals surface area contributed by atoms with E-state index in [4.69, 9.17) is 26.2 Å². The minimum Gasteiger partial charge on any atom is -0.481 e. The van der Waals surface area contributed by atoms with Crippen LogP contribution < -0.4 is 4.74 Å². The van der Waals surface area contributed by atoms with Gasteiger partial charge in [0.05, 0.1) is 30.7 Å². The van der Waals surface area contributed by atoms with Crippen LogP contribution in [0.4, 0.5) is 0 Å². The number of carbonyl (C=O) groups is 2. The van der Waals surface area contributed by atoms with Crippen LogP contribution in [0.1, 0.15) is 19.8 Å². The molecule has 126 valence electrons. The van der Waals surface area contributed by atoms with E-state index in [-0.39, 0.29) is 18.9 Å². The molecule has 1 fully saturated rings. The van der Waals surface area contributed by atoms with Crippen molar-refractivity contribution in [3.63, 3.8) is 0 Å². The molecule has 23 heavy (non-hydrogen) atoms. The Morgan fingerprint density at radius 1 is 1.48 bits per heavy atom. The quantitative estimate of drug-likeness (QED) is 0.858. The van der Waals surface area contributed by atoms with Gasteiger partial charge in [0, 0.05) is 6.54 Å². The van der Waals surface area contributed by atoms with Crippen molar-refractivity contribution in [3.05, 3.63) is 29.3 Å². The monoisotopic (exact) mass is 341 g/mol. The smallest absolute Gasteiger partial charge is 0.305 e. The van der Waals surface area contributed by atoms with Crippen molar-refractivity contribution in [2.45, 2.75) is 31.9 Å². The summed E-state index contributed by atoms with van der Waals surface area (Å²) < 4.78 is 11.0. The molecule has 1 aromatic rings. The summed E-state index contributed by atoms with van der Waals surface area (Å²) in [5.74, 6) is -0.752. The molecule has 1 aliphatic rings. The van der Waals surface area contributed by atoms with Crippen LogP contribution in [-0.4, -0.2) is 53.8 Å². The Bertz CT molecular complexity index is 565. The predicted octanol–water partition coefficient (Wildman–Crippen LogP) is 2.20. The zero-order chi connectivity index (χ0) is 16.8. The van der Waals surface area contributed by atoms with E-state index >= 15 is 0 Å². The van der Waals surface area contributed by atoms with E-state index in [2.05, 4.69) is 0 Å². The SMILES string of the molecule is CCC(Oc1ccccc1Cl)C(=O)N1CCOCC1CC(=O)O. The average molecular weight is 342 g/mol. The molecule has 1 aromatic carbocycles. The highest BCUT2D eigenvalue weighted by Gasteiger charge is 2.33. The standard InChI is InChI=1S/C16H20ClNO5/c1-2-13(23-14-6-4-3-5-12(14)17)16(21)18-7-8-22-10-11(18)9-15(19)20/h3-6,11,13H,2,7-10H2,1H3,(H,19,20). The lowest BCUT2D eigenvalue weighted by Gasteiger charge is -2.36. The van der Waals surface area contributed by atoms with Crippen molar-refractivity contribution in [2.24, 2.45) is 0 Å². The lowest BCUT2D eigenvalue weighted by Crippen LogP contribution is -2.53. The normalized spacial score (nSPS) is 19.2. The molecule has 2 rings (SSSR count). The van der Waals surface area contributed by atoms with Crippen LogP contribution in [0.25, 0.3) is 0 Å². The van der Waals surface area contributed by atoms with Gasteiger partial charge in [0.2, 0.25) is 0 Å². The summed E-state index contributed by atoms with van der Waals surface area (Å²) in [5.41, 5.74) is 0. The number of para-hydroxylation sites is 1. The third kappa shape index (κ3) is 4.59. The van der Waals surface area contributed by atoms with Crippen LogP contribution in [0.2, 0.25) is 5.02 Å². The molecule has 0 radical (unpaired) electrons. The number of rotatable bonds is 6. The van der Waals surface area contributed by atoms with Crippen LogP contribution in [-0.2, 0) is 14.3 Å². The minimum absolute atomic E-state index is 0.145. The van der Waals surface area contributed by atoms with Crippen molar-refractivity contribution in [1.29, 1.82) is 0 Å². The first-order valence-electron chi connectivity index (χ1n) is 7.54. The van der Waals surface area contributed by atoms with Gasteiger partial charge in [-0.2, -0.15) is 0 Å². The van der Waals surface area contributed by atoms with E-state index in [0.29, 0.717) is 30.3 Å². The Labute approximate surface area is 139 Å². The average Bonchev–Trinajstić information content (AvgIpc) is 2.53. The first kappa shape index (κ1) is 17.6. The van der Waals surface area contributed by atoms with Gasteiger partial charge in [0.15, 0.2) is 6.10 Å². The van der Waals surface area contributed by atoms with Gasteiger partial charge < -0.3 is 19.5 Å². The number of carboxylic acid groups (broad SMARTS) is 1. The van der Waals surface area contributed by atoms with Crippen LogP contribution in [0.3, 0.4) is 0 Å². The van der Waals surface area contributed by atoms with Gasteiger partial charge in [0.25, 0.3) is 5.91 Å². The van der Waals surface area contributed by atoms with Crippen molar-refractivity contribution in [3.8, 4) is 5.75 Å². The highest BCUT2D eigenvalue weighted by atomic mass is 35.5. The second kappa shape index (κ2) is 8.17. The van der Waals surface area contributed by atoms with Gasteiger partial charge in [-0.1, -0.05) is 30.7 Å². The highest BCUT2D eigenvalue weighted by Crippen LogP contribution is 2.26. The Morgan fingerprint density at radius 3 is 2.87 bits per heavy atom. The molecule has 0 bridgehead atoms. The predicted molar refractivity (Wildman–Crippen MR) is 84.7 cm³/mol. The van der Waals surface area contributed by atoms with E-state index in [1.165, 1.54) is 0 Å². The van der Waals surface area contributed by atoms with E-state index in [1.54, 1.807) is 29.2 Å². The van der Waals surface area contributed by atoms with Gasteiger partial charge in [-0.15, -0.1) is 0 Å². The van der Waals surface area contributed by atoms with E-state index < -0.39 is 18.1 Å². The summed E-state index contributed by atoms with van der Waals surface area (Å²) in [6.07, 6.45) is -0.389. The summed E-state index contributed by atoms with van der Waals surface area (Å²) in [7, 11) is 0. The molecule has 0 aromatic heterocycles. The number of ether oxygens (including phenoxy) is 2. The number of aliphatic carboxylic acids is 1. The molecular formula is C16H20ClNO5. The molecule has 6 nitrogen and oxygen atoms in total. The van der Waals surface area contributed by atoms with E-state index in [1.807, 2.05) is 6.92 Å². The van der Waals surface area contributed by atoms with Crippen LogP contribution >= 0.6 is 11.6 Å². The molecular weight excluding hydrogens is 322 g/mol. The number of benzene rings is 1. The summed E-state index contributed by atoms with van der Waals surface area (Å²) in [4.78, 5) is 25.3. The minimum atomic E-state index is -0.960. The third-order valence-corrected chi connectivity index (χ3v) is 3.99. The molecule has 1 aliphatic heterocycles. The van der Waals surface area contributed by atoms with Crippen LogP contribution in [0.5, 0.6) is 5.75 Å². The third-order valence-electron chi connectivity index (χ3n) is 3.67. The Kier molecular flexibility index (Phi) is 6.24. The Morgan fingerprint density at radius 2 is 2.22 bits per heavy atom. The zero-order valence-corrected chi connectivity index (χ0v) is 13.7. The molecule has 1 N–H and O–H groups in total. The number of halogens is 1. The van der Waals surface area contributed by atoms with Gasteiger partial charge in [0.1, 0.15) is 5.75 Å². The molecule has 0 saturated carbocycles. The summed E-state index contributed by atoms with van der Waals surface area (Å²) >= 11 is 6.07. The number of nitrogens with zero attached hydrogens (tertiary/aromatic N) is 1. The number of carboxylic acids is 1. The first-order valence-corrected chi connectivity index (χ1v) is 7.92.